The van der Waals surface area contributed by atoms with Crippen LogP contribution in [0.1, 0.15) is 16.7 Å². The van der Waals surface area contributed by atoms with Crippen LogP contribution in [0.5, 0.6) is 5.75 Å². The number of carbonyl (C=O) groups excluding carboxylic acids is 1. The topological polar surface area (TPSA) is 73.2 Å². The van der Waals surface area contributed by atoms with Gasteiger partial charge in [-0.15, -0.1) is 0 Å². The predicted octanol–water partition coefficient (Wildman–Crippen LogP) is 4.17. The van der Waals surface area contributed by atoms with Gasteiger partial charge in [0.2, 0.25) is 5.91 Å². The Morgan fingerprint density at radius 2 is 1.70 bits per heavy atom. The van der Waals surface area contributed by atoms with Crippen LogP contribution in [-0.2, 0) is 17.9 Å². The lowest BCUT2D eigenvalue weighted by atomic mass is 10.1. The number of thioether (sulfide) groups is 1. The van der Waals surface area contributed by atoms with Crippen LogP contribution in [0.2, 0.25) is 0 Å². The predicted molar refractivity (Wildman–Crippen MR) is 132 cm³/mol. The Balaban J connectivity index is 1.51. The molecule has 0 spiro atoms. The van der Waals surface area contributed by atoms with Gasteiger partial charge < -0.3 is 10.1 Å². The molecule has 0 aliphatic rings. The summed E-state index contributed by atoms with van der Waals surface area (Å²) < 4.78 is 6.80. The summed E-state index contributed by atoms with van der Waals surface area (Å²) in [5.41, 5.74) is 3.66. The Morgan fingerprint density at radius 3 is 2.42 bits per heavy atom. The Hall–Kier alpha value is -3.58. The molecule has 0 aliphatic heterocycles. The van der Waals surface area contributed by atoms with E-state index in [0.29, 0.717) is 29.1 Å². The summed E-state index contributed by atoms with van der Waals surface area (Å²) in [4.78, 5) is 30.4. The number of carbonyl (C=O) groups is 1. The minimum atomic E-state index is -0.125. The van der Waals surface area contributed by atoms with Gasteiger partial charge in [-0.1, -0.05) is 65.9 Å². The number of nitrogens with zero attached hydrogens (tertiary/aromatic N) is 2. The zero-order valence-electron chi connectivity index (χ0n) is 18.6. The van der Waals surface area contributed by atoms with Crippen molar-refractivity contribution in [3.8, 4) is 5.75 Å². The molecule has 33 heavy (non-hydrogen) atoms. The van der Waals surface area contributed by atoms with Gasteiger partial charge in [-0.2, -0.15) is 0 Å². The van der Waals surface area contributed by atoms with Gasteiger partial charge in [0.1, 0.15) is 5.75 Å². The van der Waals surface area contributed by atoms with Crippen molar-refractivity contribution in [1.82, 2.24) is 14.9 Å². The van der Waals surface area contributed by atoms with Crippen molar-refractivity contribution >= 4 is 28.6 Å². The maximum absolute atomic E-state index is 13.2. The van der Waals surface area contributed by atoms with Gasteiger partial charge in [0.05, 0.1) is 30.3 Å². The molecule has 1 amide bonds. The van der Waals surface area contributed by atoms with Gasteiger partial charge in [-0.3, -0.25) is 14.2 Å². The number of hydrogen-bond acceptors (Lipinski definition) is 5. The third kappa shape index (κ3) is 5.62. The maximum atomic E-state index is 13.2. The van der Waals surface area contributed by atoms with Crippen LogP contribution >= 0.6 is 11.8 Å². The number of aryl methyl sites for hydroxylation is 1. The van der Waals surface area contributed by atoms with E-state index in [2.05, 4.69) is 5.32 Å². The molecule has 0 radical (unpaired) electrons. The number of rotatable bonds is 8. The number of methoxy groups -OCH3 is 1. The number of hydrogen-bond donors (Lipinski definition) is 1. The fourth-order valence-electron chi connectivity index (χ4n) is 3.40. The SMILES string of the molecule is COc1ccc(CNC(=O)CSc2nc3ccccc3c(=O)n2Cc2ccc(C)cc2)cc1. The average Bonchev–Trinajstić information content (AvgIpc) is 2.85. The van der Waals surface area contributed by atoms with Crippen molar-refractivity contribution < 1.29 is 9.53 Å². The third-order valence-corrected chi connectivity index (χ3v) is 6.25. The first kappa shape index (κ1) is 22.6. The van der Waals surface area contributed by atoms with E-state index in [4.69, 9.17) is 9.72 Å². The van der Waals surface area contributed by atoms with E-state index in [9.17, 15) is 9.59 Å². The molecule has 6 nitrogen and oxygen atoms in total. The number of aromatic nitrogens is 2. The number of nitrogens with one attached hydrogen (secondary N) is 1. The molecule has 0 unspecified atom stereocenters. The molecule has 1 aromatic heterocycles. The van der Waals surface area contributed by atoms with Crippen LogP contribution in [0, 0.1) is 6.92 Å². The normalized spacial score (nSPS) is 10.8. The van der Waals surface area contributed by atoms with Gasteiger partial charge in [0.25, 0.3) is 5.56 Å². The summed E-state index contributed by atoms with van der Waals surface area (Å²) in [5, 5.41) is 4.01. The van der Waals surface area contributed by atoms with E-state index in [1.807, 2.05) is 73.7 Å². The Bertz CT molecular complexity index is 1320. The summed E-state index contributed by atoms with van der Waals surface area (Å²) in [6.45, 7) is 2.84. The fourth-order valence-corrected chi connectivity index (χ4v) is 4.23. The smallest absolute Gasteiger partial charge is 0.262 e. The van der Waals surface area contributed by atoms with Crippen molar-refractivity contribution in [3.05, 3.63) is 99.8 Å². The number of benzene rings is 3. The summed E-state index contributed by atoms with van der Waals surface area (Å²) in [7, 11) is 1.62. The number of ether oxygens (including phenoxy) is 1. The molecule has 4 rings (SSSR count). The molecule has 7 heteroatoms. The monoisotopic (exact) mass is 459 g/mol. The Labute approximate surface area is 196 Å². The highest BCUT2D eigenvalue weighted by molar-refractivity contribution is 7.99. The van der Waals surface area contributed by atoms with Gasteiger partial charge >= 0.3 is 0 Å². The van der Waals surface area contributed by atoms with Gasteiger partial charge in [0, 0.05) is 6.54 Å². The molecule has 0 aliphatic carbocycles. The Kier molecular flexibility index (Phi) is 7.10. The summed E-state index contributed by atoms with van der Waals surface area (Å²) in [6.07, 6.45) is 0. The van der Waals surface area contributed by atoms with E-state index in [-0.39, 0.29) is 17.2 Å². The molecule has 0 saturated heterocycles. The Morgan fingerprint density at radius 1 is 1.00 bits per heavy atom. The minimum absolute atomic E-state index is 0.109. The number of amides is 1. The summed E-state index contributed by atoms with van der Waals surface area (Å²) in [5.74, 6) is 0.809. The minimum Gasteiger partial charge on any atom is -0.497 e. The van der Waals surface area contributed by atoms with Crippen molar-refractivity contribution in [2.75, 3.05) is 12.9 Å². The van der Waals surface area contributed by atoms with Crippen LogP contribution in [-0.4, -0.2) is 28.3 Å². The molecular formula is C26H25N3O3S. The van der Waals surface area contributed by atoms with Gasteiger partial charge in [-0.05, 0) is 42.3 Å². The van der Waals surface area contributed by atoms with E-state index < -0.39 is 0 Å². The zero-order valence-corrected chi connectivity index (χ0v) is 19.4. The molecule has 1 N–H and O–H groups in total. The second-order valence-corrected chi connectivity index (χ2v) is 8.64. The molecule has 0 atom stereocenters. The molecule has 168 valence electrons. The van der Waals surface area contributed by atoms with Crippen LogP contribution in [0.15, 0.2) is 82.7 Å². The lowest BCUT2D eigenvalue weighted by molar-refractivity contribution is -0.118. The van der Waals surface area contributed by atoms with Crippen molar-refractivity contribution in [3.63, 3.8) is 0 Å². The summed E-state index contributed by atoms with van der Waals surface area (Å²) >= 11 is 1.27. The maximum Gasteiger partial charge on any atom is 0.262 e. The first-order valence-corrected chi connectivity index (χ1v) is 11.6. The van der Waals surface area contributed by atoms with Gasteiger partial charge in [0.15, 0.2) is 5.16 Å². The van der Waals surface area contributed by atoms with Gasteiger partial charge in [-0.25, -0.2) is 4.98 Å². The van der Waals surface area contributed by atoms with Crippen LogP contribution in [0.3, 0.4) is 0 Å². The van der Waals surface area contributed by atoms with Crippen LogP contribution < -0.4 is 15.6 Å². The van der Waals surface area contributed by atoms with Crippen molar-refractivity contribution in [1.29, 1.82) is 0 Å². The second kappa shape index (κ2) is 10.4. The first-order chi connectivity index (χ1) is 16.0. The quantitative estimate of drug-likeness (QED) is 0.316. The molecular weight excluding hydrogens is 434 g/mol. The van der Waals surface area contributed by atoms with Crippen molar-refractivity contribution in [2.24, 2.45) is 0 Å². The van der Waals surface area contributed by atoms with Crippen molar-refractivity contribution in [2.45, 2.75) is 25.2 Å². The van der Waals surface area contributed by atoms with Crippen LogP contribution in [0.25, 0.3) is 10.9 Å². The number of para-hydroxylation sites is 1. The average molecular weight is 460 g/mol. The largest absolute Gasteiger partial charge is 0.497 e. The first-order valence-electron chi connectivity index (χ1n) is 10.6. The van der Waals surface area contributed by atoms with E-state index >= 15 is 0 Å². The highest BCUT2D eigenvalue weighted by Gasteiger charge is 2.14. The second-order valence-electron chi connectivity index (χ2n) is 7.70. The highest BCUT2D eigenvalue weighted by Crippen LogP contribution is 2.19. The molecule has 3 aromatic carbocycles. The van der Waals surface area contributed by atoms with E-state index in [0.717, 1.165) is 22.4 Å². The molecule has 4 aromatic rings. The molecule has 0 bridgehead atoms. The molecule has 0 fully saturated rings. The third-order valence-electron chi connectivity index (χ3n) is 5.27. The van der Waals surface area contributed by atoms with E-state index in [1.54, 1.807) is 17.7 Å². The highest BCUT2D eigenvalue weighted by atomic mass is 32.2. The fraction of sp³-hybridized carbons (Fsp3) is 0.192. The van der Waals surface area contributed by atoms with Crippen LogP contribution in [0.4, 0.5) is 0 Å². The summed E-state index contributed by atoms with van der Waals surface area (Å²) in [6, 6.07) is 22.9. The molecule has 0 saturated carbocycles. The lowest BCUT2D eigenvalue weighted by Crippen LogP contribution is -2.27. The number of fused-ring (bicyclic) bond motifs is 1. The zero-order chi connectivity index (χ0) is 23.2. The van der Waals surface area contributed by atoms with E-state index in [1.165, 1.54) is 11.8 Å². The molecule has 1 heterocycles. The lowest BCUT2D eigenvalue weighted by Gasteiger charge is -2.13. The standard InChI is InChI=1S/C26H25N3O3S/c1-18-7-9-20(10-8-18)16-29-25(31)22-5-3-4-6-23(22)28-26(29)33-17-24(30)27-15-19-11-13-21(32-2)14-12-19/h3-14H,15-17H2,1-2H3,(H,27,30).